The van der Waals surface area contributed by atoms with Gasteiger partial charge in [-0.2, -0.15) is 0 Å². The number of methoxy groups -OCH3 is 1. The number of fused-ring (bicyclic) bond motifs is 1. The molecule has 0 unspecified atom stereocenters. The van der Waals surface area contributed by atoms with Gasteiger partial charge in [-0.15, -0.1) is 0 Å². The molecule has 0 radical (unpaired) electrons. The predicted octanol–water partition coefficient (Wildman–Crippen LogP) is 2.87. The number of benzene rings is 1. The molecule has 1 heterocycles. The van der Waals surface area contributed by atoms with Gasteiger partial charge < -0.3 is 15.5 Å². The van der Waals surface area contributed by atoms with Crippen LogP contribution in [0.5, 0.6) is 5.75 Å². The summed E-state index contributed by atoms with van der Waals surface area (Å²) in [6, 6.07) is 6.51. The van der Waals surface area contributed by atoms with Gasteiger partial charge in [-0.25, -0.2) is 0 Å². The van der Waals surface area contributed by atoms with Gasteiger partial charge in [0.15, 0.2) is 0 Å². The van der Waals surface area contributed by atoms with E-state index < -0.39 is 0 Å². The van der Waals surface area contributed by atoms with E-state index >= 15 is 0 Å². The Morgan fingerprint density at radius 2 is 2.11 bits per heavy atom. The van der Waals surface area contributed by atoms with Gasteiger partial charge in [-0.3, -0.25) is 0 Å². The molecule has 3 rings (SSSR count). The van der Waals surface area contributed by atoms with Gasteiger partial charge in [0, 0.05) is 34.1 Å². The fraction of sp³-hybridized carbons (Fsp3) is 0.467. The summed E-state index contributed by atoms with van der Waals surface area (Å²) in [6.45, 7) is 2.78. The van der Waals surface area contributed by atoms with Gasteiger partial charge in [0.1, 0.15) is 5.75 Å². The Morgan fingerprint density at radius 1 is 1.33 bits per heavy atom. The minimum atomic E-state index is 0.137. The van der Waals surface area contributed by atoms with E-state index in [1.807, 2.05) is 0 Å². The van der Waals surface area contributed by atoms with E-state index in [1.165, 1.54) is 41.4 Å². The molecule has 1 fully saturated rings. The molecule has 96 valence electrons. The zero-order valence-electron chi connectivity index (χ0n) is 11.0. The summed E-state index contributed by atoms with van der Waals surface area (Å²) < 4.78 is 5.58. The molecule has 3 N–H and O–H groups in total. The van der Waals surface area contributed by atoms with Crippen molar-refractivity contribution in [3.63, 3.8) is 0 Å². The third-order valence-electron chi connectivity index (χ3n) is 4.35. The summed E-state index contributed by atoms with van der Waals surface area (Å²) in [5, 5.41) is 1.21. The third kappa shape index (κ3) is 1.54. The first-order valence-electron chi connectivity index (χ1n) is 6.56. The number of aromatic amines is 1. The molecule has 1 aliphatic carbocycles. The highest BCUT2D eigenvalue weighted by Gasteiger charge is 2.39. The second-order valence-corrected chi connectivity index (χ2v) is 5.43. The minimum absolute atomic E-state index is 0.137. The van der Waals surface area contributed by atoms with E-state index in [4.69, 9.17) is 10.5 Å². The Balaban J connectivity index is 2.20. The summed E-state index contributed by atoms with van der Waals surface area (Å²) >= 11 is 0. The van der Waals surface area contributed by atoms with Crippen LogP contribution in [0.4, 0.5) is 0 Å². The summed E-state index contributed by atoms with van der Waals surface area (Å²) in [4.78, 5) is 3.40. The number of nitrogens with two attached hydrogens (primary N) is 1. The van der Waals surface area contributed by atoms with E-state index in [0.717, 1.165) is 5.75 Å². The first-order chi connectivity index (χ1) is 8.68. The van der Waals surface area contributed by atoms with Crippen molar-refractivity contribution in [3.05, 3.63) is 29.5 Å². The highest BCUT2D eigenvalue weighted by molar-refractivity contribution is 5.83. The van der Waals surface area contributed by atoms with Crippen LogP contribution in [0.25, 0.3) is 10.9 Å². The van der Waals surface area contributed by atoms with Crippen LogP contribution in [0.3, 0.4) is 0 Å². The van der Waals surface area contributed by atoms with Gasteiger partial charge in [0.05, 0.1) is 7.11 Å². The van der Waals surface area contributed by atoms with Crippen LogP contribution in [0.2, 0.25) is 0 Å². The van der Waals surface area contributed by atoms with Crippen molar-refractivity contribution < 1.29 is 4.74 Å². The Hall–Kier alpha value is -1.48. The molecule has 1 saturated carbocycles. The maximum Gasteiger partial charge on any atom is 0.123 e. The SMILES string of the molecule is COc1cc2cc(C)[nH]c2cc1C1(CN)CCC1. The van der Waals surface area contributed by atoms with Crippen molar-refractivity contribution in [1.29, 1.82) is 0 Å². The molecule has 0 atom stereocenters. The van der Waals surface area contributed by atoms with Gasteiger partial charge >= 0.3 is 0 Å². The maximum absolute atomic E-state index is 6.01. The van der Waals surface area contributed by atoms with Crippen LogP contribution in [0.15, 0.2) is 18.2 Å². The third-order valence-corrected chi connectivity index (χ3v) is 4.35. The minimum Gasteiger partial charge on any atom is -0.496 e. The molecule has 1 aromatic heterocycles. The quantitative estimate of drug-likeness (QED) is 0.872. The van der Waals surface area contributed by atoms with Crippen LogP contribution >= 0.6 is 0 Å². The van der Waals surface area contributed by atoms with E-state index in [2.05, 4.69) is 30.1 Å². The number of H-pyrrole nitrogens is 1. The van der Waals surface area contributed by atoms with Crippen molar-refractivity contribution in [2.75, 3.05) is 13.7 Å². The topological polar surface area (TPSA) is 51.0 Å². The Morgan fingerprint density at radius 3 is 2.67 bits per heavy atom. The second-order valence-electron chi connectivity index (χ2n) is 5.43. The molecule has 1 aromatic carbocycles. The number of hydrogen-bond donors (Lipinski definition) is 2. The second kappa shape index (κ2) is 4.02. The molecule has 0 aliphatic heterocycles. The average molecular weight is 244 g/mol. The van der Waals surface area contributed by atoms with E-state index in [9.17, 15) is 0 Å². The van der Waals surface area contributed by atoms with Crippen LogP contribution in [-0.2, 0) is 5.41 Å². The summed E-state index contributed by atoms with van der Waals surface area (Å²) in [7, 11) is 1.74. The van der Waals surface area contributed by atoms with Gasteiger partial charge in [-0.05, 0) is 38.0 Å². The molecule has 3 heteroatoms. The first kappa shape index (κ1) is 11.6. The van der Waals surface area contributed by atoms with E-state index in [0.29, 0.717) is 6.54 Å². The Kier molecular flexibility index (Phi) is 2.59. The number of aryl methyl sites for hydroxylation is 1. The maximum atomic E-state index is 6.01. The van der Waals surface area contributed by atoms with Crippen molar-refractivity contribution >= 4 is 10.9 Å². The highest BCUT2D eigenvalue weighted by atomic mass is 16.5. The predicted molar refractivity (Wildman–Crippen MR) is 74.2 cm³/mol. The lowest BCUT2D eigenvalue weighted by atomic mass is 9.64. The summed E-state index contributed by atoms with van der Waals surface area (Å²) in [5.41, 5.74) is 9.78. The number of nitrogens with one attached hydrogen (secondary N) is 1. The van der Waals surface area contributed by atoms with Crippen LogP contribution < -0.4 is 10.5 Å². The lowest BCUT2D eigenvalue weighted by molar-refractivity contribution is 0.244. The largest absolute Gasteiger partial charge is 0.496 e. The molecule has 0 saturated heterocycles. The smallest absolute Gasteiger partial charge is 0.123 e. The number of rotatable bonds is 3. The lowest BCUT2D eigenvalue weighted by Gasteiger charge is -2.42. The number of ether oxygens (including phenoxy) is 1. The first-order valence-corrected chi connectivity index (χ1v) is 6.56. The fourth-order valence-corrected chi connectivity index (χ4v) is 3.08. The molecule has 0 spiro atoms. The Labute approximate surface area is 107 Å². The molecule has 2 aromatic rings. The van der Waals surface area contributed by atoms with E-state index in [-0.39, 0.29) is 5.41 Å². The van der Waals surface area contributed by atoms with Gasteiger partial charge in [0.25, 0.3) is 0 Å². The lowest BCUT2D eigenvalue weighted by Crippen LogP contribution is -2.41. The monoisotopic (exact) mass is 244 g/mol. The molecular weight excluding hydrogens is 224 g/mol. The van der Waals surface area contributed by atoms with Crippen molar-refractivity contribution in [3.8, 4) is 5.75 Å². The fourth-order valence-electron chi connectivity index (χ4n) is 3.08. The molecule has 1 aliphatic rings. The van der Waals surface area contributed by atoms with E-state index in [1.54, 1.807) is 7.11 Å². The van der Waals surface area contributed by atoms with Crippen LogP contribution in [-0.4, -0.2) is 18.6 Å². The Bertz CT molecular complexity index is 576. The average Bonchev–Trinajstić information content (AvgIpc) is 2.66. The molecule has 18 heavy (non-hydrogen) atoms. The zero-order chi connectivity index (χ0) is 12.8. The van der Waals surface area contributed by atoms with Crippen LogP contribution in [0.1, 0.15) is 30.5 Å². The molecular formula is C15H20N2O. The highest BCUT2D eigenvalue weighted by Crippen LogP contribution is 2.47. The zero-order valence-corrected chi connectivity index (χ0v) is 11.0. The summed E-state index contributed by atoms with van der Waals surface area (Å²) in [6.07, 6.45) is 3.61. The van der Waals surface area contributed by atoms with Crippen molar-refractivity contribution in [2.45, 2.75) is 31.6 Å². The van der Waals surface area contributed by atoms with Crippen LogP contribution in [0, 0.1) is 6.92 Å². The number of hydrogen-bond acceptors (Lipinski definition) is 2. The standard InChI is InChI=1S/C15H20N2O/c1-10-6-11-7-14(18-2)12(8-13(11)17-10)15(9-16)4-3-5-15/h6-8,17H,3-5,9,16H2,1-2H3. The molecule has 3 nitrogen and oxygen atoms in total. The number of aromatic nitrogens is 1. The normalized spacial score (nSPS) is 17.7. The summed E-state index contributed by atoms with van der Waals surface area (Å²) in [5.74, 6) is 0.978. The van der Waals surface area contributed by atoms with Gasteiger partial charge in [0.2, 0.25) is 0 Å². The molecule has 0 bridgehead atoms. The van der Waals surface area contributed by atoms with Gasteiger partial charge in [-0.1, -0.05) is 6.42 Å². The molecule has 0 amide bonds. The van der Waals surface area contributed by atoms with Crippen molar-refractivity contribution in [2.24, 2.45) is 5.73 Å². The van der Waals surface area contributed by atoms with Crippen molar-refractivity contribution in [1.82, 2.24) is 4.98 Å².